The molecule has 1 fully saturated rings. The van der Waals surface area contributed by atoms with Crippen molar-refractivity contribution in [1.29, 1.82) is 0 Å². The van der Waals surface area contributed by atoms with Crippen LogP contribution in [0.3, 0.4) is 0 Å². The number of terminal acetylenes is 1. The Balaban J connectivity index is 2.39. The van der Waals surface area contributed by atoms with Crippen LogP contribution in [0, 0.1) is 31.0 Å². The van der Waals surface area contributed by atoms with Crippen LogP contribution in [-0.4, -0.2) is 12.5 Å². The molecule has 0 aliphatic carbocycles. The van der Waals surface area contributed by atoms with Crippen molar-refractivity contribution < 1.29 is 9.18 Å². The summed E-state index contributed by atoms with van der Waals surface area (Å²) >= 11 is 3.12. The summed E-state index contributed by atoms with van der Waals surface area (Å²) in [4.78, 5) is 13.4. The van der Waals surface area contributed by atoms with E-state index < -0.39 is 0 Å². The van der Waals surface area contributed by atoms with Gasteiger partial charge in [0.05, 0.1) is 4.47 Å². The monoisotopic (exact) mass is 295 g/mol. The minimum Gasteiger partial charge on any atom is -0.311 e. The Labute approximate surface area is 108 Å². The van der Waals surface area contributed by atoms with E-state index in [1.165, 1.54) is 6.07 Å². The maximum atomic E-state index is 13.5. The van der Waals surface area contributed by atoms with E-state index in [0.717, 1.165) is 5.56 Å². The maximum absolute atomic E-state index is 13.5. The fourth-order valence-corrected chi connectivity index (χ4v) is 2.44. The molecule has 1 atom stereocenters. The van der Waals surface area contributed by atoms with Crippen LogP contribution in [0.4, 0.5) is 10.1 Å². The smallest absolute Gasteiger partial charge is 0.228 e. The van der Waals surface area contributed by atoms with E-state index in [9.17, 15) is 9.18 Å². The van der Waals surface area contributed by atoms with E-state index in [1.54, 1.807) is 11.0 Å². The molecule has 88 valence electrons. The van der Waals surface area contributed by atoms with Gasteiger partial charge in [-0.25, -0.2) is 4.39 Å². The highest BCUT2D eigenvalue weighted by Crippen LogP contribution is 2.31. The van der Waals surface area contributed by atoms with Crippen LogP contribution >= 0.6 is 15.9 Å². The number of carbonyl (C=O) groups excluding carboxylic acids is 1. The van der Waals surface area contributed by atoms with Gasteiger partial charge >= 0.3 is 0 Å². The molecule has 2 rings (SSSR count). The third-order valence-electron chi connectivity index (χ3n) is 2.89. The molecule has 0 aromatic heterocycles. The summed E-state index contributed by atoms with van der Waals surface area (Å²) in [5.41, 5.74) is 1.46. The standard InChI is InChI=1S/C13H11BrFNO/c1-3-9-5-13(17)16(7-9)12-6-11(15)10(14)4-8(12)2/h1,4,6,9H,5,7H2,2H3. The normalized spacial score (nSPS) is 19.5. The second-order valence-electron chi connectivity index (χ2n) is 4.12. The third kappa shape index (κ3) is 2.20. The van der Waals surface area contributed by atoms with Crippen LogP contribution in [0.15, 0.2) is 16.6 Å². The van der Waals surface area contributed by atoms with Crippen LogP contribution in [0.2, 0.25) is 0 Å². The van der Waals surface area contributed by atoms with Crippen molar-refractivity contribution in [2.75, 3.05) is 11.4 Å². The van der Waals surface area contributed by atoms with Gasteiger partial charge in [-0.3, -0.25) is 4.79 Å². The predicted molar refractivity (Wildman–Crippen MR) is 68.1 cm³/mol. The van der Waals surface area contributed by atoms with Crippen LogP contribution in [0.1, 0.15) is 12.0 Å². The first kappa shape index (κ1) is 12.1. The van der Waals surface area contributed by atoms with Crippen LogP contribution in [0.25, 0.3) is 0 Å². The highest BCUT2D eigenvalue weighted by Gasteiger charge is 2.30. The number of aryl methyl sites for hydroxylation is 1. The molecule has 1 saturated heterocycles. The Morgan fingerprint density at radius 3 is 2.88 bits per heavy atom. The Morgan fingerprint density at radius 1 is 1.59 bits per heavy atom. The third-order valence-corrected chi connectivity index (χ3v) is 3.50. The van der Waals surface area contributed by atoms with Crippen molar-refractivity contribution in [3.8, 4) is 12.3 Å². The molecule has 1 aromatic rings. The minimum atomic E-state index is -0.373. The van der Waals surface area contributed by atoms with Crippen molar-refractivity contribution in [2.45, 2.75) is 13.3 Å². The molecule has 0 spiro atoms. The Morgan fingerprint density at radius 2 is 2.29 bits per heavy atom. The van der Waals surface area contributed by atoms with Gasteiger partial charge in [-0.1, -0.05) is 0 Å². The first-order valence-electron chi connectivity index (χ1n) is 5.25. The lowest BCUT2D eigenvalue weighted by molar-refractivity contribution is -0.117. The van der Waals surface area contributed by atoms with E-state index in [4.69, 9.17) is 6.42 Å². The van der Waals surface area contributed by atoms with Gasteiger partial charge in [-0.05, 0) is 40.5 Å². The lowest BCUT2D eigenvalue weighted by Crippen LogP contribution is -2.25. The molecule has 1 unspecified atom stereocenters. The van der Waals surface area contributed by atoms with E-state index in [1.807, 2.05) is 6.92 Å². The lowest BCUT2D eigenvalue weighted by Gasteiger charge is -2.19. The quantitative estimate of drug-likeness (QED) is 0.730. The first-order valence-corrected chi connectivity index (χ1v) is 6.04. The number of amides is 1. The summed E-state index contributed by atoms with van der Waals surface area (Å²) in [6, 6.07) is 3.04. The Hall–Kier alpha value is -1.34. The zero-order valence-corrected chi connectivity index (χ0v) is 10.9. The molecule has 0 saturated carbocycles. The molecule has 0 radical (unpaired) electrons. The SMILES string of the molecule is C#CC1CC(=O)N(c2cc(F)c(Br)cc2C)C1. The number of halogens is 2. The molecule has 0 N–H and O–H groups in total. The molecule has 1 aliphatic heterocycles. The van der Waals surface area contributed by atoms with Gasteiger partial charge in [0.2, 0.25) is 5.91 Å². The zero-order chi connectivity index (χ0) is 12.6. The van der Waals surface area contributed by atoms with Gasteiger partial charge in [0.1, 0.15) is 5.82 Å². The molecule has 0 bridgehead atoms. The largest absolute Gasteiger partial charge is 0.311 e. The van der Waals surface area contributed by atoms with Crippen molar-refractivity contribution in [3.63, 3.8) is 0 Å². The lowest BCUT2D eigenvalue weighted by atomic mass is 10.1. The molecule has 1 aliphatic rings. The maximum Gasteiger partial charge on any atom is 0.228 e. The zero-order valence-electron chi connectivity index (χ0n) is 9.34. The molecule has 2 nitrogen and oxygen atoms in total. The number of benzene rings is 1. The van der Waals surface area contributed by atoms with Gasteiger partial charge in [0, 0.05) is 24.6 Å². The number of hydrogen-bond donors (Lipinski definition) is 0. The average molecular weight is 296 g/mol. The van der Waals surface area contributed by atoms with Crippen molar-refractivity contribution in [1.82, 2.24) is 0 Å². The summed E-state index contributed by atoms with van der Waals surface area (Å²) in [6.07, 6.45) is 5.66. The van der Waals surface area contributed by atoms with Gasteiger partial charge in [0.15, 0.2) is 0 Å². The molecule has 1 heterocycles. The van der Waals surface area contributed by atoms with E-state index in [-0.39, 0.29) is 17.6 Å². The number of hydrogen-bond acceptors (Lipinski definition) is 1. The summed E-state index contributed by atoms with van der Waals surface area (Å²) in [6.45, 7) is 2.31. The van der Waals surface area contributed by atoms with Crippen LogP contribution < -0.4 is 4.90 Å². The summed E-state index contributed by atoms with van der Waals surface area (Å²) in [7, 11) is 0. The molecular formula is C13H11BrFNO. The second-order valence-corrected chi connectivity index (χ2v) is 4.98. The summed E-state index contributed by atoms with van der Waals surface area (Å²) in [5, 5.41) is 0. The fourth-order valence-electron chi connectivity index (χ4n) is 1.98. The predicted octanol–water partition coefficient (Wildman–Crippen LogP) is 2.88. The number of carbonyl (C=O) groups is 1. The van der Waals surface area contributed by atoms with Crippen molar-refractivity contribution in [3.05, 3.63) is 28.0 Å². The van der Waals surface area contributed by atoms with Gasteiger partial charge in [-0.15, -0.1) is 12.3 Å². The highest BCUT2D eigenvalue weighted by atomic mass is 79.9. The van der Waals surface area contributed by atoms with E-state index in [2.05, 4.69) is 21.9 Å². The number of rotatable bonds is 1. The second kappa shape index (κ2) is 4.50. The fraction of sp³-hybridized carbons (Fsp3) is 0.308. The Bertz CT molecular complexity index is 521. The van der Waals surface area contributed by atoms with Crippen molar-refractivity contribution >= 4 is 27.5 Å². The van der Waals surface area contributed by atoms with Gasteiger partial charge in [0.25, 0.3) is 0 Å². The Kier molecular flexibility index (Phi) is 3.21. The van der Waals surface area contributed by atoms with Crippen LogP contribution in [-0.2, 0) is 4.79 Å². The van der Waals surface area contributed by atoms with Gasteiger partial charge < -0.3 is 4.90 Å². The van der Waals surface area contributed by atoms with Crippen molar-refractivity contribution in [2.24, 2.45) is 5.92 Å². The summed E-state index contributed by atoms with van der Waals surface area (Å²) in [5.74, 6) is 2.08. The molecular weight excluding hydrogens is 285 g/mol. The van der Waals surface area contributed by atoms with E-state index in [0.29, 0.717) is 23.1 Å². The molecule has 1 aromatic carbocycles. The highest BCUT2D eigenvalue weighted by molar-refractivity contribution is 9.10. The molecule has 1 amide bonds. The van der Waals surface area contributed by atoms with Gasteiger partial charge in [-0.2, -0.15) is 0 Å². The molecule has 17 heavy (non-hydrogen) atoms. The van der Waals surface area contributed by atoms with E-state index >= 15 is 0 Å². The average Bonchev–Trinajstić information content (AvgIpc) is 2.65. The molecule has 4 heteroatoms. The topological polar surface area (TPSA) is 20.3 Å². The number of anilines is 1. The summed E-state index contributed by atoms with van der Waals surface area (Å²) < 4.78 is 13.9. The van der Waals surface area contributed by atoms with Crippen LogP contribution in [0.5, 0.6) is 0 Å². The first-order chi connectivity index (χ1) is 8.02. The number of nitrogens with zero attached hydrogens (tertiary/aromatic N) is 1. The minimum absolute atomic E-state index is 0.0437.